The van der Waals surface area contributed by atoms with Crippen molar-refractivity contribution in [2.24, 2.45) is 0 Å². The van der Waals surface area contributed by atoms with Crippen LogP contribution in [0, 0.1) is 11.3 Å². The van der Waals surface area contributed by atoms with Crippen LogP contribution in [0.15, 0.2) is 35.2 Å². The zero-order valence-electron chi connectivity index (χ0n) is 8.46. The maximum Gasteiger partial charge on any atom is 0.356 e. The highest BCUT2D eigenvalue weighted by Crippen LogP contribution is 2.19. The Balaban J connectivity index is 2.53. The lowest BCUT2D eigenvalue weighted by molar-refractivity contribution is 0.0691. The van der Waals surface area contributed by atoms with Gasteiger partial charge in [-0.2, -0.15) is 5.26 Å². The van der Waals surface area contributed by atoms with Gasteiger partial charge >= 0.3 is 5.97 Å². The predicted octanol–water partition coefficient (Wildman–Crippen LogP) is 2.20. The van der Waals surface area contributed by atoms with Gasteiger partial charge in [0.15, 0.2) is 5.69 Å². The molecule has 0 saturated heterocycles. The maximum atomic E-state index is 10.7. The molecule has 1 N–H and O–H groups in total. The summed E-state index contributed by atoms with van der Waals surface area (Å²) in [5, 5.41) is 17.8. The Bertz CT molecular complexity index is 628. The third kappa shape index (κ3) is 2.19. The molecule has 0 aliphatic carbocycles. The number of carbonyl (C=O) groups is 1. The van der Waals surface area contributed by atoms with Crippen LogP contribution in [0.2, 0.25) is 0 Å². The number of imidazole rings is 1. The molecule has 6 heteroatoms. The van der Waals surface area contributed by atoms with Crippen LogP contribution >= 0.6 is 15.9 Å². The third-order valence-corrected chi connectivity index (χ3v) is 2.65. The first-order valence-electron chi connectivity index (χ1n) is 4.59. The van der Waals surface area contributed by atoms with Crippen LogP contribution in [0.5, 0.6) is 0 Å². The fourth-order valence-corrected chi connectivity index (χ4v) is 1.75. The van der Waals surface area contributed by atoms with Gasteiger partial charge in [0.05, 0.1) is 11.3 Å². The van der Waals surface area contributed by atoms with Crippen molar-refractivity contribution in [3.8, 4) is 11.8 Å². The molecule has 0 aliphatic heterocycles. The summed E-state index contributed by atoms with van der Waals surface area (Å²) in [4.78, 5) is 14.4. The molecule has 2 aromatic rings. The third-order valence-electron chi connectivity index (χ3n) is 2.16. The van der Waals surface area contributed by atoms with Gasteiger partial charge in [-0.1, -0.05) is 15.9 Å². The van der Waals surface area contributed by atoms with Crippen molar-refractivity contribution in [1.82, 2.24) is 9.55 Å². The zero-order chi connectivity index (χ0) is 12.4. The maximum absolute atomic E-state index is 10.7. The summed E-state index contributed by atoms with van der Waals surface area (Å²) >= 11 is 3.27. The Kier molecular flexibility index (Phi) is 2.93. The fraction of sp³-hybridized carbons (Fsp3) is 0. The molecule has 0 amide bonds. The molecule has 0 aliphatic rings. The first-order valence-corrected chi connectivity index (χ1v) is 5.38. The number of nitriles is 1. The van der Waals surface area contributed by atoms with E-state index >= 15 is 0 Å². The van der Waals surface area contributed by atoms with E-state index in [9.17, 15) is 4.79 Å². The van der Waals surface area contributed by atoms with E-state index in [1.54, 1.807) is 18.2 Å². The Morgan fingerprint density at radius 3 is 2.88 bits per heavy atom. The normalized spacial score (nSPS) is 9.88. The SMILES string of the molecule is N#Cc1cc(Br)ccc1-n1cnc(C(=O)O)c1. The Morgan fingerprint density at radius 2 is 2.29 bits per heavy atom. The number of aromatic nitrogens is 2. The number of hydrogen-bond acceptors (Lipinski definition) is 3. The second-order valence-electron chi connectivity index (χ2n) is 3.24. The predicted molar refractivity (Wildman–Crippen MR) is 62.9 cm³/mol. The average Bonchev–Trinajstić information content (AvgIpc) is 2.78. The lowest BCUT2D eigenvalue weighted by Crippen LogP contribution is -1.97. The van der Waals surface area contributed by atoms with Gasteiger partial charge in [0.2, 0.25) is 0 Å². The summed E-state index contributed by atoms with van der Waals surface area (Å²) in [7, 11) is 0. The Labute approximate surface area is 105 Å². The van der Waals surface area contributed by atoms with Crippen LogP contribution in [0.1, 0.15) is 16.1 Å². The van der Waals surface area contributed by atoms with E-state index in [1.807, 2.05) is 6.07 Å². The van der Waals surface area contributed by atoms with Gasteiger partial charge in [-0.25, -0.2) is 9.78 Å². The van der Waals surface area contributed by atoms with Crippen LogP contribution in [0.25, 0.3) is 5.69 Å². The van der Waals surface area contributed by atoms with Crippen LogP contribution in [0.3, 0.4) is 0 Å². The molecule has 1 aromatic carbocycles. The number of hydrogen-bond donors (Lipinski definition) is 1. The van der Waals surface area contributed by atoms with E-state index in [0.29, 0.717) is 11.3 Å². The van der Waals surface area contributed by atoms with Crippen LogP contribution in [-0.2, 0) is 0 Å². The summed E-state index contributed by atoms with van der Waals surface area (Å²) in [6.45, 7) is 0. The van der Waals surface area contributed by atoms with Crippen molar-refractivity contribution < 1.29 is 9.90 Å². The summed E-state index contributed by atoms with van der Waals surface area (Å²) in [6.07, 6.45) is 2.74. The van der Waals surface area contributed by atoms with E-state index in [4.69, 9.17) is 10.4 Å². The summed E-state index contributed by atoms with van der Waals surface area (Å²) in [5.41, 5.74) is 0.973. The lowest BCUT2D eigenvalue weighted by Gasteiger charge is -2.04. The van der Waals surface area contributed by atoms with E-state index in [0.717, 1.165) is 4.47 Å². The molecule has 0 saturated carbocycles. The fourth-order valence-electron chi connectivity index (χ4n) is 1.39. The molecule has 0 fully saturated rings. The first kappa shape index (κ1) is 11.4. The zero-order valence-corrected chi connectivity index (χ0v) is 10.0. The topological polar surface area (TPSA) is 78.9 Å². The van der Waals surface area contributed by atoms with Gasteiger partial charge in [0, 0.05) is 10.7 Å². The highest BCUT2D eigenvalue weighted by atomic mass is 79.9. The van der Waals surface area contributed by atoms with Gasteiger partial charge in [0.1, 0.15) is 12.4 Å². The molecule has 0 atom stereocenters. The van der Waals surface area contributed by atoms with E-state index in [-0.39, 0.29) is 5.69 Å². The molecular weight excluding hydrogens is 286 g/mol. The number of carboxylic acids is 1. The largest absolute Gasteiger partial charge is 0.476 e. The Morgan fingerprint density at radius 1 is 1.53 bits per heavy atom. The smallest absolute Gasteiger partial charge is 0.356 e. The molecule has 84 valence electrons. The molecule has 0 unspecified atom stereocenters. The van der Waals surface area contributed by atoms with Crippen molar-refractivity contribution in [3.63, 3.8) is 0 Å². The van der Waals surface area contributed by atoms with Crippen molar-refractivity contribution in [3.05, 3.63) is 46.5 Å². The molecular formula is C11H6BrN3O2. The van der Waals surface area contributed by atoms with Crippen LogP contribution in [-0.4, -0.2) is 20.6 Å². The minimum atomic E-state index is -1.10. The van der Waals surface area contributed by atoms with Crippen molar-refractivity contribution in [2.45, 2.75) is 0 Å². The molecule has 1 aromatic heterocycles. The van der Waals surface area contributed by atoms with E-state index in [2.05, 4.69) is 20.9 Å². The Hall–Kier alpha value is -2.13. The number of nitrogens with zero attached hydrogens (tertiary/aromatic N) is 3. The highest BCUT2D eigenvalue weighted by molar-refractivity contribution is 9.10. The lowest BCUT2D eigenvalue weighted by atomic mass is 10.2. The van der Waals surface area contributed by atoms with Gasteiger partial charge < -0.3 is 9.67 Å². The minimum Gasteiger partial charge on any atom is -0.476 e. The number of carboxylic acid groups (broad SMARTS) is 1. The number of aromatic carboxylic acids is 1. The number of rotatable bonds is 2. The van der Waals surface area contributed by atoms with Crippen LogP contribution < -0.4 is 0 Å². The minimum absolute atomic E-state index is 0.0585. The number of benzene rings is 1. The first-order chi connectivity index (χ1) is 8.11. The molecule has 1 heterocycles. The molecule has 0 spiro atoms. The van der Waals surface area contributed by atoms with Gasteiger partial charge in [0.25, 0.3) is 0 Å². The monoisotopic (exact) mass is 291 g/mol. The van der Waals surface area contributed by atoms with Gasteiger partial charge in [-0.05, 0) is 18.2 Å². The highest BCUT2D eigenvalue weighted by Gasteiger charge is 2.10. The molecule has 2 rings (SSSR count). The second-order valence-corrected chi connectivity index (χ2v) is 4.16. The molecule has 5 nitrogen and oxygen atoms in total. The molecule has 0 radical (unpaired) electrons. The number of halogens is 1. The van der Waals surface area contributed by atoms with E-state index in [1.165, 1.54) is 17.1 Å². The standard InChI is InChI=1S/C11H6BrN3O2/c12-8-1-2-10(7(3-8)4-13)15-5-9(11(16)17)14-6-15/h1-3,5-6H,(H,16,17). The average molecular weight is 292 g/mol. The summed E-state index contributed by atoms with van der Waals surface area (Å²) in [5.74, 6) is -1.10. The second kappa shape index (κ2) is 4.39. The van der Waals surface area contributed by atoms with Crippen LogP contribution in [0.4, 0.5) is 0 Å². The van der Waals surface area contributed by atoms with Crippen molar-refractivity contribution in [2.75, 3.05) is 0 Å². The summed E-state index contributed by atoms with van der Waals surface area (Å²) in [6, 6.07) is 7.20. The quantitative estimate of drug-likeness (QED) is 0.920. The van der Waals surface area contributed by atoms with Crippen molar-refractivity contribution >= 4 is 21.9 Å². The van der Waals surface area contributed by atoms with Gasteiger partial charge in [-0.3, -0.25) is 0 Å². The molecule has 17 heavy (non-hydrogen) atoms. The summed E-state index contributed by atoms with van der Waals surface area (Å²) < 4.78 is 2.30. The molecule has 0 bridgehead atoms. The van der Waals surface area contributed by atoms with Crippen molar-refractivity contribution in [1.29, 1.82) is 5.26 Å². The van der Waals surface area contributed by atoms with E-state index < -0.39 is 5.97 Å². The van der Waals surface area contributed by atoms with Gasteiger partial charge in [-0.15, -0.1) is 0 Å².